The van der Waals surface area contributed by atoms with Gasteiger partial charge in [-0.2, -0.15) is 0 Å². The molecule has 17 heavy (non-hydrogen) atoms. The number of hydrogen-bond donors (Lipinski definition) is 2. The molecular weight excluding hydrogens is 218 g/mol. The van der Waals surface area contributed by atoms with Crippen LogP contribution in [0.15, 0.2) is 18.3 Å². The maximum atomic E-state index is 11.5. The van der Waals surface area contributed by atoms with E-state index in [-0.39, 0.29) is 5.91 Å². The molecule has 0 aliphatic rings. The van der Waals surface area contributed by atoms with Crippen LogP contribution in [0.25, 0.3) is 0 Å². The second-order valence-corrected chi connectivity index (χ2v) is 4.65. The molecule has 0 aromatic carbocycles. The summed E-state index contributed by atoms with van der Waals surface area (Å²) in [6.07, 6.45) is 1.98. The number of pyridine rings is 1. The number of nitrogens with two attached hydrogens (primary N) is 1. The zero-order chi connectivity index (χ0) is 12.9. The predicted octanol–water partition coefficient (Wildman–Crippen LogP) is 0.834. The molecule has 5 nitrogen and oxygen atoms in total. The molecule has 5 heteroatoms. The highest BCUT2D eigenvalue weighted by Crippen LogP contribution is 2.07. The van der Waals surface area contributed by atoms with E-state index in [1.54, 1.807) is 19.4 Å². The third-order valence-electron chi connectivity index (χ3n) is 2.11. The van der Waals surface area contributed by atoms with Crippen molar-refractivity contribution in [2.45, 2.75) is 32.4 Å². The molecule has 0 aliphatic carbocycles. The van der Waals surface area contributed by atoms with E-state index < -0.39 is 5.54 Å². The number of hydrogen-bond acceptors (Lipinski definition) is 4. The Morgan fingerprint density at radius 1 is 1.53 bits per heavy atom. The van der Waals surface area contributed by atoms with Crippen molar-refractivity contribution in [1.29, 1.82) is 0 Å². The van der Waals surface area contributed by atoms with Crippen molar-refractivity contribution in [3.8, 4) is 5.88 Å². The SMILES string of the molecule is COc1ccc(CNC(=O)CC(C)(C)N)cn1. The van der Waals surface area contributed by atoms with Gasteiger partial charge in [0.15, 0.2) is 0 Å². The molecule has 3 N–H and O–H groups in total. The van der Waals surface area contributed by atoms with Crippen LogP contribution in [0.4, 0.5) is 0 Å². The van der Waals surface area contributed by atoms with Gasteiger partial charge in [-0.1, -0.05) is 6.07 Å². The highest BCUT2D eigenvalue weighted by molar-refractivity contribution is 5.77. The Balaban J connectivity index is 2.42. The summed E-state index contributed by atoms with van der Waals surface area (Å²) in [5, 5.41) is 2.79. The maximum absolute atomic E-state index is 11.5. The molecule has 0 saturated carbocycles. The van der Waals surface area contributed by atoms with Crippen LogP contribution in [0.5, 0.6) is 5.88 Å². The number of amides is 1. The highest BCUT2D eigenvalue weighted by atomic mass is 16.5. The van der Waals surface area contributed by atoms with E-state index in [1.165, 1.54) is 0 Å². The lowest BCUT2D eigenvalue weighted by Crippen LogP contribution is -2.38. The molecule has 0 bridgehead atoms. The Kier molecular flexibility index (Phi) is 4.45. The minimum atomic E-state index is -0.484. The summed E-state index contributed by atoms with van der Waals surface area (Å²) in [6, 6.07) is 3.62. The van der Waals surface area contributed by atoms with Gasteiger partial charge in [0, 0.05) is 30.8 Å². The van der Waals surface area contributed by atoms with Gasteiger partial charge in [-0.25, -0.2) is 4.98 Å². The molecule has 1 aromatic rings. The van der Waals surface area contributed by atoms with E-state index >= 15 is 0 Å². The van der Waals surface area contributed by atoms with E-state index in [9.17, 15) is 4.79 Å². The molecule has 0 radical (unpaired) electrons. The monoisotopic (exact) mass is 237 g/mol. The second kappa shape index (κ2) is 5.63. The molecule has 0 aliphatic heterocycles. The predicted molar refractivity (Wildman–Crippen MR) is 65.5 cm³/mol. The quantitative estimate of drug-likeness (QED) is 0.795. The molecule has 0 saturated heterocycles. The molecule has 1 heterocycles. The lowest BCUT2D eigenvalue weighted by Gasteiger charge is -2.17. The van der Waals surface area contributed by atoms with Gasteiger partial charge in [-0.05, 0) is 19.4 Å². The van der Waals surface area contributed by atoms with Crippen molar-refractivity contribution < 1.29 is 9.53 Å². The van der Waals surface area contributed by atoms with Crippen molar-refractivity contribution in [1.82, 2.24) is 10.3 Å². The minimum absolute atomic E-state index is 0.0617. The summed E-state index contributed by atoms with van der Waals surface area (Å²) in [5.41, 5.74) is 6.19. The normalized spacial score (nSPS) is 11.1. The lowest BCUT2D eigenvalue weighted by molar-refractivity contribution is -0.122. The first kappa shape index (κ1) is 13.4. The standard InChI is InChI=1S/C12H19N3O2/c1-12(2,13)6-10(16)14-7-9-4-5-11(17-3)15-8-9/h4-5,8H,6-7,13H2,1-3H3,(H,14,16). The van der Waals surface area contributed by atoms with Crippen molar-refractivity contribution in [2.75, 3.05) is 7.11 Å². The molecule has 0 atom stereocenters. The number of rotatable bonds is 5. The number of nitrogens with zero attached hydrogens (tertiary/aromatic N) is 1. The van der Waals surface area contributed by atoms with Crippen molar-refractivity contribution >= 4 is 5.91 Å². The third-order valence-corrected chi connectivity index (χ3v) is 2.11. The highest BCUT2D eigenvalue weighted by Gasteiger charge is 2.15. The number of carbonyl (C=O) groups is 1. The summed E-state index contributed by atoms with van der Waals surface area (Å²) in [5.74, 6) is 0.497. The van der Waals surface area contributed by atoms with Crippen LogP contribution in [0.3, 0.4) is 0 Å². The zero-order valence-corrected chi connectivity index (χ0v) is 10.5. The Labute approximate surface area is 101 Å². The van der Waals surface area contributed by atoms with Crippen LogP contribution in [-0.4, -0.2) is 23.5 Å². The maximum Gasteiger partial charge on any atom is 0.222 e. The van der Waals surface area contributed by atoms with Gasteiger partial charge in [-0.3, -0.25) is 4.79 Å². The molecule has 1 aromatic heterocycles. The fourth-order valence-corrected chi connectivity index (χ4v) is 1.31. The first-order valence-electron chi connectivity index (χ1n) is 5.45. The minimum Gasteiger partial charge on any atom is -0.481 e. The van der Waals surface area contributed by atoms with Crippen LogP contribution in [0.2, 0.25) is 0 Å². The number of nitrogens with one attached hydrogen (secondary N) is 1. The second-order valence-electron chi connectivity index (χ2n) is 4.65. The van der Waals surface area contributed by atoms with Gasteiger partial charge in [0.2, 0.25) is 11.8 Å². The summed E-state index contributed by atoms with van der Waals surface area (Å²) >= 11 is 0. The molecule has 94 valence electrons. The fraction of sp³-hybridized carbons (Fsp3) is 0.500. The smallest absolute Gasteiger partial charge is 0.222 e. The van der Waals surface area contributed by atoms with Gasteiger partial charge >= 0.3 is 0 Å². The van der Waals surface area contributed by atoms with Gasteiger partial charge < -0.3 is 15.8 Å². The first-order chi connectivity index (χ1) is 7.90. The Hall–Kier alpha value is -1.62. The van der Waals surface area contributed by atoms with E-state index in [0.29, 0.717) is 18.8 Å². The number of aromatic nitrogens is 1. The largest absolute Gasteiger partial charge is 0.481 e. The summed E-state index contributed by atoms with van der Waals surface area (Å²) < 4.78 is 4.95. The number of ether oxygens (including phenoxy) is 1. The van der Waals surface area contributed by atoms with E-state index in [2.05, 4.69) is 10.3 Å². The van der Waals surface area contributed by atoms with Crippen LogP contribution in [0, 0.1) is 0 Å². The number of methoxy groups -OCH3 is 1. The van der Waals surface area contributed by atoms with E-state index in [4.69, 9.17) is 10.5 Å². The molecule has 1 rings (SSSR count). The van der Waals surface area contributed by atoms with E-state index in [0.717, 1.165) is 5.56 Å². The fourth-order valence-electron chi connectivity index (χ4n) is 1.31. The van der Waals surface area contributed by atoms with Gasteiger partial charge in [-0.15, -0.1) is 0 Å². The molecule has 0 unspecified atom stereocenters. The van der Waals surface area contributed by atoms with Crippen LogP contribution in [0.1, 0.15) is 25.8 Å². The van der Waals surface area contributed by atoms with Gasteiger partial charge in [0.25, 0.3) is 0 Å². The zero-order valence-electron chi connectivity index (χ0n) is 10.5. The summed E-state index contributed by atoms with van der Waals surface area (Å²) in [4.78, 5) is 15.6. The van der Waals surface area contributed by atoms with Crippen LogP contribution in [-0.2, 0) is 11.3 Å². The van der Waals surface area contributed by atoms with Crippen molar-refractivity contribution in [3.05, 3.63) is 23.9 Å². The topological polar surface area (TPSA) is 77.2 Å². The van der Waals surface area contributed by atoms with Crippen molar-refractivity contribution in [3.63, 3.8) is 0 Å². The Morgan fingerprint density at radius 3 is 2.71 bits per heavy atom. The first-order valence-corrected chi connectivity index (χ1v) is 5.45. The summed E-state index contributed by atoms with van der Waals surface area (Å²) in [6.45, 7) is 4.09. The van der Waals surface area contributed by atoms with Gasteiger partial charge in [0.05, 0.1) is 7.11 Å². The molecule has 0 fully saturated rings. The van der Waals surface area contributed by atoms with Crippen molar-refractivity contribution in [2.24, 2.45) is 5.73 Å². The Morgan fingerprint density at radius 2 is 2.24 bits per heavy atom. The van der Waals surface area contributed by atoms with Crippen LogP contribution < -0.4 is 15.8 Å². The van der Waals surface area contributed by atoms with Gasteiger partial charge in [0.1, 0.15) is 0 Å². The third kappa shape index (κ3) is 5.31. The molecule has 1 amide bonds. The average molecular weight is 237 g/mol. The Bertz CT molecular complexity index is 368. The van der Waals surface area contributed by atoms with Crippen LogP contribution >= 0.6 is 0 Å². The number of carbonyl (C=O) groups excluding carboxylic acids is 1. The lowest BCUT2D eigenvalue weighted by atomic mass is 10.0. The summed E-state index contributed by atoms with van der Waals surface area (Å²) in [7, 11) is 1.56. The average Bonchev–Trinajstić information content (AvgIpc) is 2.25. The van der Waals surface area contributed by atoms with E-state index in [1.807, 2.05) is 19.9 Å². The molecular formula is C12H19N3O2. The molecule has 0 spiro atoms.